The van der Waals surface area contributed by atoms with Crippen LogP contribution in [0.4, 0.5) is 0 Å². The number of hydrogen-bond acceptors (Lipinski definition) is 5. The van der Waals surface area contributed by atoms with Gasteiger partial charge in [0.25, 0.3) is 0 Å². The van der Waals surface area contributed by atoms with E-state index in [2.05, 4.69) is 38.9 Å². The van der Waals surface area contributed by atoms with E-state index in [1.54, 1.807) is 12.4 Å². The van der Waals surface area contributed by atoms with Crippen LogP contribution in [0.15, 0.2) is 12.4 Å². The number of aryl methyl sites for hydroxylation is 1. The van der Waals surface area contributed by atoms with Gasteiger partial charge in [0.15, 0.2) is 0 Å². The molecule has 0 aromatic carbocycles. The minimum absolute atomic E-state index is 0.102. The second-order valence-corrected chi connectivity index (χ2v) is 8.06. The van der Waals surface area contributed by atoms with Crippen LogP contribution in [0.3, 0.4) is 0 Å². The zero-order valence-electron chi connectivity index (χ0n) is 16.4. The van der Waals surface area contributed by atoms with Crippen LogP contribution in [-0.4, -0.2) is 63.9 Å². The molecule has 2 aliphatic heterocycles. The summed E-state index contributed by atoms with van der Waals surface area (Å²) in [6.45, 7) is 11.3. The van der Waals surface area contributed by atoms with E-state index >= 15 is 0 Å². The largest absolute Gasteiger partial charge is 0.350 e. The molecule has 0 unspecified atom stereocenters. The van der Waals surface area contributed by atoms with Gasteiger partial charge < -0.3 is 10.2 Å². The van der Waals surface area contributed by atoms with Crippen molar-refractivity contribution in [3.63, 3.8) is 0 Å². The second kappa shape index (κ2) is 8.91. The predicted molar refractivity (Wildman–Crippen MR) is 103 cm³/mol. The van der Waals surface area contributed by atoms with Crippen LogP contribution < -0.4 is 5.32 Å². The minimum Gasteiger partial charge on any atom is -0.350 e. The van der Waals surface area contributed by atoms with Gasteiger partial charge in [0.1, 0.15) is 0 Å². The number of nitrogens with one attached hydrogen (secondary N) is 1. The lowest BCUT2D eigenvalue weighted by atomic mass is 9.93. The Kier molecular flexibility index (Phi) is 6.59. The van der Waals surface area contributed by atoms with Gasteiger partial charge in [-0.15, -0.1) is 0 Å². The standard InChI is InChI=1S/C20H33N5O/c1-15(2)24-9-6-19(7-10-24)25-8-4-5-17(14-25)20(26)23-13-18-12-21-16(3)11-22-18/h11-12,15,17,19H,4-10,13-14H2,1-3H3,(H,23,26)/t17-/m1/s1. The van der Waals surface area contributed by atoms with E-state index < -0.39 is 0 Å². The van der Waals surface area contributed by atoms with Crippen molar-refractivity contribution in [2.45, 2.75) is 65.1 Å². The molecule has 2 aliphatic rings. The molecule has 6 heteroatoms. The van der Waals surface area contributed by atoms with Crippen LogP contribution >= 0.6 is 0 Å². The molecule has 3 rings (SSSR count). The molecule has 6 nitrogen and oxygen atoms in total. The fraction of sp³-hybridized carbons (Fsp3) is 0.750. The van der Waals surface area contributed by atoms with E-state index in [9.17, 15) is 4.79 Å². The molecule has 1 N–H and O–H groups in total. The molecule has 0 saturated carbocycles. The Labute approximate surface area is 157 Å². The van der Waals surface area contributed by atoms with Crippen LogP contribution in [0.5, 0.6) is 0 Å². The summed E-state index contributed by atoms with van der Waals surface area (Å²) in [5, 5.41) is 3.06. The van der Waals surface area contributed by atoms with E-state index in [4.69, 9.17) is 0 Å². The molecule has 1 amide bonds. The molecule has 1 aromatic rings. The first-order valence-corrected chi connectivity index (χ1v) is 10.1. The Morgan fingerprint density at radius 3 is 2.62 bits per heavy atom. The van der Waals surface area contributed by atoms with E-state index in [-0.39, 0.29) is 11.8 Å². The highest BCUT2D eigenvalue weighted by molar-refractivity contribution is 5.78. The summed E-state index contributed by atoms with van der Waals surface area (Å²) in [6, 6.07) is 1.28. The molecule has 0 spiro atoms. The lowest BCUT2D eigenvalue weighted by molar-refractivity contribution is -0.127. The summed E-state index contributed by atoms with van der Waals surface area (Å²) in [4.78, 5) is 26.3. The van der Waals surface area contributed by atoms with Crippen molar-refractivity contribution >= 4 is 5.91 Å². The molecule has 26 heavy (non-hydrogen) atoms. The predicted octanol–water partition coefficient (Wildman–Crippen LogP) is 1.99. The van der Waals surface area contributed by atoms with Gasteiger partial charge in [0.2, 0.25) is 5.91 Å². The van der Waals surface area contributed by atoms with Crippen molar-refractivity contribution in [1.82, 2.24) is 25.1 Å². The summed E-state index contributed by atoms with van der Waals surface area (Å²) in [6.07, 6.45) is 8.05. The molecule has 2 fully saturated rings. The number of carbonyl (C=O) groups is 1. The first kappa shape index (κ1) is 19.2. The fourth-order valence-corrected chi connectivity index (χ4v) is 4.15. The molecule has 0 bridgehead atoms. The number of likely N-dealkylation sites (tertiary alicyclic amines) is 2. The highest BCUT2D eigenvalue weighted by atomic mass is 16.1. The van der Waals surface area contributed by atoms with Gasteiger partial charge in [-0.2, -0.15) is 0 Å². The van der Waals surface area contributed by atoms with Gasteiger partial charge in [-0.05, 0) is 66.1 Å². The van der Waals surface area contributed by atoms with E-state index in [0.29, 0.717) is 18.6 Å². The second-order valence-electron chi connectivity index (χ2n) is 8.06. The highest BCUT2D eigenvalue weighted by Gasteiger charge is 2.31. The van der Waals surface area contributed by atoms with Crippen molar-refractivity contribution in [2.24, 2.45) is 5.92 Å². The molecule has 0 aliphatic carbocycles. The van der Waals surface area contributed by atoms with Gasteiger partial charge in [-0.25, -0.2) is 0 Å². The van der Waals surface area contributed by atoms with Gasteiger partial charge >= 0.3 is 0 Å². The van der Waals surface area contributed by atoms with Crippen molar-refractivity contribution in [3.8, 4) is 0 Å². The fourth-order valence-electron chi connectivity index (χ4n) is 4.15. The van der Waals surface area contributed by atoms with Crippen LogP contribution in [0.25, 0.3) is 0 Å². The smallest absolute Gasteiger partial charge is 0.224 e. The van der Waals surface area contributed by atoms with Crippen molar-refractivity contribution in [1.29, 1.82) is 0 Å². The topological polar surface area (TPSA) is 61.4 Å². The van der Waals surface area contributed by atoms with E-state index in [1.807, 2.05) is 6.92 Å². The monoisotopic (exact) mass is 359 g/mol. The van der Waals surface area contributed by atoms with Gasteiger partial charge in [0.05, 0.1) is 30.0 Å². The van der Waals surface area contributed by atoms with Crippen molar-refractivity contribution < 1.29 is 4.79 Å². The minimum atomic E-state index is 0.102. The number of amides is 1. The van der Waals surface area contributed by atoms with Gasteiger partial charge in [0, 0.05) is 24.8 Å². The summed E-state index contributed by atoms with van der Waals surface area (Å²) in [7, 11) is 0. The quantitative estimate of drug-likeness (QED) is 0.871. The molecular formula is C20H33N5O. The average Bonchev–Trinajstić information content (AvgIpc) is 2.67. The Hall–Kier alpha value is -1.53. The number of carbonyl (C=O) groups excluding carboxylic acids is 1. The molecule has 144 valence electrons. The van der Waals surface area contributed by atoms with Crippen molar-refractivity contribution in [3.05, 3.63) is 23.8 Å². The highest BCUT2D eigenvalue weighted by Crippen LogP contribution is 2.24. The zero-order valence-corrected chi connectivity index (χ0v) is 16.4. The van der Waals surface area contributed by atoms with E-state index in [0.717, 1.165) is 37.3 Å². The molecular weight excluding hydrogens is 326 g/mol. The van der Waals surface area contributed by atoms with Gasteiger partial charge in [-0.1, -0.05) is 0 Å². The summed E-state index contributed by atoms with van der Waals surface area (Å²) >= 11 is 0. The van der Waals surface area contributed by atoms with Crippen LogP contribution in [0.2, 0.25) is 0 Å². The zero-order chi connectivity index (χ0) is 18.5. The lowest BCUT2D eigenvalue weighted by Crippen LogP contribution is -2.51. The number of piperidine rings is 2. The number of nitrogens with zero attached hydrogens (tertiary/aromatic N) is 4. The molecule has 3 heterocycles. The third-order valence-electron chi connectivity index (χ3n) is 5.85. The Balaban J connectivity index is 1.47. The Morgan fingerprint density at radius 1 is 1.19 bits per heavy atom. The Bertz CT molecular complexity index is 580. The van der Waals surface area contributed by atoms with Crippen molar-refractivity contribution in [2.75, 3.05) is 26.2 Å². The number of hydrogen-bond donors (Lipinski definition) is 1. The summed E-state index contributed by atoms with van der Waals surface area (Å²) in [5.74, 6) is 0.266. The molecule has 2 saturated heterocycles. The Morgan fingerprint density at radius 2 is 1.96 bits per heavy atom. The molecule has 1 aromatic heterocycles. The average molecular weight is 360 g/mol. The third-order valence-corrected chi connectivity index (χ3v) is 5.85. The van der Waals surface area contributed by atoms with Crippen LogP contribution in [0.1, 0.15) is 50.9 Å². The molecule has 0 radical (unpaired) electrons. The SMILES string of the molecule is Cc1cnc(CNC(=O)[C@@H]2CCCN(C3CCN(C(C)C)CC3)C2)cn1. The lowest BCUT2D eigenvalue weighted by Gasteiger charge is -2.43. The number of aromatic nitrogens is 2. The van der Waals surface area contributed by atoms with Crippen LogP contribution in [0, 0.1) is 12.8 Å². The maximum absolute atomic E-state index is 12.6. The van der Waals surface area contributed by atoms with Gasteiger partial charge in [-0.3, -0.25) is 19.7 Å². The summed E-state index contributed by atoms with van der Waals surface area (Å²) < 4.78 is 0. The van der Waals surface area contributed by atoms with E-state index in [1.165, 1.54) is 25.9 Å². The normalized spacial score (nSPS) is 23.3. The maximum Gasteiger partial charge on any atom is 0.224 e. The third kappa shape index (κ3) is 5.01. The number of rotatable bonds is 5. The first-order valence-electron chi connectivity index (χ1n) is 10.1. The molecule has 1 atom stereocenters. The van der Waals surface area contributed by atoms with Crippen LogP contribution in [-0.2, 0) is 11.3 Å². The summed E-state index contributed by atoms with van der Waals surface area (Å²) in [5.41, 5.74) is 1.71. The maximum atomic E-state index is 12.6. The first-order chi connectivity index (χ1) is 12.5.